The maximum absolute atomic E-state index is 7.31. The summed E-state index contributed by atoms with van der Waals surface area (Å²) < 4.78 is 5.04. The molecule has 1 aromatic carbocycles. The predicted octanol–water partition coefficient (Wildman–Crippen LogP) is 1.91. The van der Waals surface area contributed by atoms with Crippen LogP contribution in [0.1, 0.15) is 12.5 Å². The van der Waals surface area contributed by atoms with E-state index < -0.39 is 0 Å². The summed E-state index contributed by atoms with van der Waals surface area (Å²) in [5.41, 5.74) is 7.87. The van der Waals surface area contributed by atoms with Gasteiger partial charge in [0.25, 0.3) is 0 Å². The third-order valence-electron chi connectivity index (χ3n) is 2.15. The van der Waals surface area contributed by atoms with Crippen LogP contribution in [0.2, 0.25) is 0 Å². The second-order valence-electron chi connectivity index (χ2n) is 3.10. The number of benzene rings is 1. The number of nitrogens with one attached hydrogen (secondary N) is 1. The van der Waals surface area contributed by atoms with Crippen molar-refractivity contribution in [2.24, 2.45) is 5.73 Å². The fourth-order valence-corrected chi connectivity index (χ4v) is 1.22. The smallest absolute Gasteiger partial charge is 0.118 e. The van der Waals surface area contributed by atoms with Gasteiger partial charge in [0.15, 0.2) is 0 Å². The first-order valence-electron chi connectivity index (χ1n) is 4.43. The summed E-state index contributed by atoms with van der Waals surface area (Å²) in [7, 11) is 1.61. The normalized spacial score (nSPS) is 11.9. The topological polar surface area (TPSA) is 59.1 Å². The summed E-state index contributed by atoms with van der Waals surface area (Å²) in [5, 5.41) is 7.38. The second kappa shape index (κ2) is 4.79. The third kappa shape index (κ3) is 2.70. The van der Waals surface area contributed by atoms with E-state index in [2.05, 4.69) is 0 Å². The summed E-state index contributed by atoms with van der Waals surface area (Å²) in [6, 6.07) is 7.33. The molecule has 4 heteroatoms. The number of hydrogen-bond acceptors (Lipinski definition) is 4. The van der Waals surface area contributed by atoms with Crippen LogP contribution in [0, 0.1) is 5.41 Å². The Kier molecular flexibility index (Phi) is 3.68. The summed E-state index contributed by atoms with van der Waals surface area (Å²) >= 11 is 4.75. The molecule has 0 fully saturated rings. The molecule has 0 aliphatic carbocycles. The van der Waals surface area contributed by atoms with Gasteiger partial charge in [0.2, 0.25) is 0 Å². The molecule has 0 aromatic heterocycles. The van der Waals surface area contributed by atoms with E-state index in [0.29, 0.717) is 11.3 Å². The van der Waals surface area contributed by atoms with Crippen molar-refractivity contribution in [2.45, 2.75) is 6.92 Å². The van der Waals surface area contributed by atoms with E-state index in [1.807, 2.05) is 24.3 Å². The lowest BCUT2D eigenvalue weighted by Gasteiger charge is -2.12. The van der Waals surface area contributed by atoms with Gasteiger partial charge >= 0.3 is 0 Å². The lowest BCUT2D eigenvalue weighted by molar-refractivity contribution is 0.415. The highest BCUT2D eigenvalue weighted by atomic mass is 32.1. The van der Waals surface area contributed by atoms with Crippen LogP contribution in [0.25, 0.3) is 5.70 Å². The van der Waals surface area contributed by atoms with Gasteiger partial charge in [-0.3, -0.25) is 0 Å². The van der Waals surface area contributed by atoms with Crippen LogP contribution in [-0.2, 0) is 12.6 Å². The molecule has 0 amide bonds. The summed E-state index contributed by atoms with van der Waals surface area (Å²) in [6.07, 6.45) is 0. The van der Waals surface area contributed by atoms with Crippen molar-refractivity contribution in [1.29, 1.82) is 5.41 Å². The van der Waals surface area contributed by atoms with Crippen molar-refractivity contribution in [2.75, 3.05) is 7.11 Å². The second-order valence-corrected chi connectivity index (χ2v) is 3.50. The highest BCUT2D eigenvalue weighted by molar-refractivity contribution is 7.78. The molecular weight excluding hydrogens is 208 g/mol. The Morgan fingerprint density at radius 2 is 1.87 bits per heavy atom. The molecule has 0 heterocycles. The first-order valence-corrected chi connectivity index (χ1v) is 4.83. The molecule has 1 rings (SSSR count). The van der Waals surface area contributed by atoms with Crippen LogP contribution in [0.3, 0.4) is 0 Å². The van der Waals surface area contributed by atoms with E-state index in [-0.39, 0.29) is 5.04 Å². The van der Waals surface area contributed by atoms with Crippen molar-refractivity contribution < 1.29 is 4.74 Å². The molecule has 0 atom stereocenters. The van der Waals surface area contributed by atoms with Gasteiger partial charge in [-0.05, 0) is 42.3 Å². The first-order chi connectivity index (χ1) is 7.06. The van der Waals surface area contributed by atoms with E-state index in [4.69, 9.17) is 28.5 Å². The third-order valence-corrected chi connectivity index (χ3v) is 2.45. The molecule has 0 aliphatic rings. The maximum atomic E-state index is 7.31. The molecule has 15 heavy (non-hydrogen) atoms. The minimum Gasteiger partial charge on any atom is -0.761 e. The Morgan fingerprint density at radius 3 is 2.27 bits per heavy atom. The highest BCUT2D eigenvalue weighted by Gasteiger charge is 2.00. The molecule has 0 unspecified atom stereocenters. The largest absolute Gasteiger partial charge is 0.761 e. The monoisotopic (exact) mass is 221 g/mol. The quantitative estimate of drug-likeness (QED) is 0.465. The summed E-state index contributed by atoms with van der Waals surface area (Å²) in [4.78, 5) is 0. The van der Waals surface area contributed by atoms with Crippen molar-refractivity contribution in [1.82, 2.24) is 0 Å². The Hall–Kier alpha value is -1.55. The Balaban J connectivity index is 3.07. The zero-order chi connectivity index (χ0) is 11.4. The van der Waals surface area contributed by atoms with E-state index in [1.165, 1.54) is 0 Å². The summed E-state index contributed by atoms with van der Waals surface area (Å²) in [6.45, 7) is 1.74. The van der Waals surface area contributed by atoms with Crippen LogP contribution in [0.5, 0.6) is 5.75 Å². The van der Waals surface area contributed by atoms with E-state index in [0.717, 1.165) is 11.3 Å². The molecular formula is C11H13N2OS-. The molecule has 0 bridgehead atoms. The molecule has 0 aliphatic heterocycles. The predicted molar refractivity (Wildman–Crippen MR) is 64.9 cm³/mol. The highest BCUT2D eigenvalue weighted by Crippen LogP contribution is 2.17. The van der Waals surface area contributed by atoms with Crippen molar-refractivity contribution in [3.05, 3.63) is 35.4 Å². The minimum atomic E-state index is 0.0725. The molecule has 0 saturated heterocycles. The molecule has 0 spiro atoms. The number of hydrogen-bond donors (Lipinski definition) is 2. The van der Waals surface area contributed by atoms with Gasteiger partial charge in [0, 0.05) is 5.70 Å². The SMILES string of the molecule is COc1ccc(C(N)=C(C)C(=N)[S-])cc1. The van der Waals surface area contributed by atoms with Crippen molar-refractivity contribution >= 4 is 23.4 Å². The van der Waals surface area contributed by atoms with Crippen LogP contribution in [0.4, 0.5) is 0 Å². The average Bonchev–Trinajstić information content (AvgIpc) is 2.27. The number of rotatable bonds is 3. The maximum Gasteiger partial charge on any atom is 0.118 e. The number of ether oxygens (including phenoxy) is 1. The van der Waals surface area contributed by atoms with E-state index >= 15 is 0 Å². The fraction of sp³-hybridized carbons (Fsp3) is 0.182. The molecule has 0 radical (unpaired) electrons. The number of methoxy groups -OCH3 is 1. The van der Waals surface area contributed by atoms with Crippen LogP contribution >= 0.6 is 0 Å². The molecule has 80 valence electrons. The van der Waals surface area contributed by atoms with Gasteiger partial charge in [0.1, 0.15) is 5.75 Å². The van der Waals surface area contributed by atoms with E-state index in [1.54, 1.807) is 14.0 Å². The van der Waals surface area contributed by atoms with Gasteiger partial charge in [0.05, 0.1) is 7.11 Å². The molecule has 3 nitrogen and oxygen atoms in total. The van der Waals surface area contributed by atoms with Gasteiger partial charge in [-0.1, -0.05) is 5.04 Å². The Labute approximate surface area is 94.9 Å². The lowest BCUT2D eigenvalue weighted by Crippen LogP contribution is -2.05. The van der Waals surface area contributed by atoms with Gasteiger partial charge in [-0.25, -0.2) is 0 Å². The van der Waals surface area contributed by atoms with Crippen LogP contribution < -0.4 is 10.5 Å². The van der Waals surface area contributed by atoms with Gasteiger partial charge in [-0.15, -0.1) is 0 Å². The van der Waals surface area contributed by atoms with Gasteiger partial charge in [-0.2, -0.15) is 0 Å². The van der Waals surface area contributed by atoms with Crippen LogP contribution in [-0.4, -0.2) is 12.2 Å². The molecule has 3 N–H and O–H groups in total. The average molecular weight is 221 g/mol. The molecule has 0 saturated carbocycles. The van der Waals surface area contributed by atoms with Gasteiger partial charge < -0.3 is 28.5 Å². The van der Waals surface area contributed by atoms with Crippen molar-refractivity contribution in [3.8, 4) is 5.75 Å². The lowest BCUT2D eigenvalue weighted by atomic mass is 10.1. The Bertz CT molecular complexity index is 396. The molecule has 1 aromatic rings. The minimum absolute atomic E-state index is 0.0725. The fourth-order valence-electron chi connectivity index (χ4n) is 1.11. The zero-order valence-electron chi connectivity index (χ0n) is 8.70. The zero-order valence-corrected chi connectivity index (χ0v) is 9.52. The van der Waals surface area contributed by atoms with Crippen molar-refractivity contribution in [3.63, 3.8) is 0 Å². The Morgan fingerprint density at radius 1 is 1.33 bits per heavy atom. The first kappa shape index (κ1) is 11.5. The van der Waals surface area contributed by atoms with Crippen LogP contribution in [0.15, 0.2) is 29.8 Å². The standard InChI is InChI=1S/C11H14N2OS/c1-7(11(13)15)10(12)8-3-5-9(14-2)6-4-8/h3-6H,12H2,1-2H3,(H2,13,15)/p-1. The van der Waals surface area contributed by atoms with E-state index in [9.17, 15) is 0 Å². The summed E-state index contributed by atoms with van der Waals surface area (Å²) in [5.74, 6) is 0.776. The number of nitrogens with two attached hydrogens (primary N) is 1.